The van der Waals surface area contributed by atoms with Crippen LogP contribution in [-0.2, 0) is 9.53 Å². The number of carbonyl (C=O) groups is 1. The van der Waals surface area contributed by atoms with Crippen LogP contribution in [0.4, 0.5) is 0 Å². The second-order valence-corrected chi connectivity index (χ2v) is 6.29. The van der Waals surface area contributed by atoms with Gasteiger partial charge in [0.15, 0.2) is 0 Å². The Kier molecular flexibility index (Phi) is 1.50. The van der Waals surface area contributed by atoms with Gasteiger partial charge in [-0.1, -0.05) is 12.2 Å². The van der Waals surface area contributed by atoms with Crippen LogP contribution in [0, 0.1) is 17.8 Å². The lowest BCUT2D eigenvalue weighted by Crippen LogP contribution is -2.40. The predicted molar refractivity (Wildman–Crippen MR) is 55.7 cm³/mol. The fourth-order valence-electron chi connectivity index (χ4n) is 3.82. The molecular formula is C11H12O3S. The summed E-state index contributed by atoms with van der Waals surface area (Å²) in [5, 5.41) is 10.2. The van der Waals surface area contributed by atoms with E-state index in [0.717, 1.165) is 6.42 Å². The van der Waals surface area contributed by atoms with Gasteiger partial charge in [-0.05, 0) is 6.42 Å². The first-order valence-electron chi connectivity index (χ1n) is 5.48. The van der Waals surface area contributed by atoms with Gasteiger partial charge in [0, 0.05) is 22.3 Å². The molecule has 7 atom stereocenters. The maximum atomic E-state index is 11.1. The number of carboxylic acids is 1. The molecule has 0 radical (unpaired) electrons. The molecule has 0 aromatic carbocycles. The largest absolute Gasteiger partial charge is 0.481 e. The molecular weight excluding hydrogens is 212 g/mol. The van der Waals surface area contributed by atoms with Gasteiger partial charge in [-0.3, -0.25) is 4.79 Å². The Morgan fingerprint density at radius 1 is 1.33 bits per heavy atom. The van der Waals surface area contributed by atoms with Crippen LogP contribution < -0.4 is 0 Å². The minimum Gasteiger partial charge on any atom is -0.481 e. The Bertz CT molecular complexity index is 367. The van der Waals surface area contributed by atoms with Crippen LogP contribution >= 0.6 is 11.8 Å². The van der Waals surface area contributed by atoms with Gasteiger partial charge in [0.25, 0.3) is 0 Å². The van der Waals surface area contributed by atoms with Crippen LogP contribution in [0.25, 0.3) is 0 Å². The van der Waals surface area contributed by atoms with Crippen LogP contribution in [0.15, 0.2) is 12.2 Å². The average molecular weight is 224 g/mol. The molecule has 0 amide bonds. The van der Waals surface area contributed by atoms with Crippen molar-refractivity contribution in [3.63, 3.8) is 0 Å². The number of aliphatic carboxylic acids is 1. The summed E-state index contributed by atoms with van der Waals surface area (Å²) in [6.45, 7) is 0. The van der Waals surface area contributed by atoms with Crippen molar-refractivity contribution >= 4 is 17.7 Å². The minimum absolute atomic E-state index is 0.00931. The van der Waals surface area contributed by atoms with Gasteiger partial charge < -0.3 is 9.84 Å². The fourth-order valence-corrected chi connectivity index (χ4v) is 5.60. The highest BCUT2D eigenvalue weighted by Gasteiger charge is 2.64. The number of rotatable bonds is 1. The van der Waals surface area contributed by atoms with E-state index in [4.69, 9.17) is 9.84 Å². The van der Waals surface area contributed by atoms with E-state index < -0.39 is 5.97 Å². The molecule has 1 N–H and O–H groups in total. The van der Waals surface area contributed by atoms with E-state index in [0.29, 0.717) is 22.3 Å². The SMILES string of the molecule is O=C(O)C1CC2OC1C1C3C=CC(S3)C21. The molecule has 0 aromatic rings. The van der Waals surface area contributed by atoms with E-state index in [1.807, 2.05) is 11.8 Å². The summed E-state index contributed by atoms with van der Waals surface area (Å²) in [7, 11) is 0. The molecule has 3 nitrogen and oxygen atoms in total. The topological polar surface area (TPSA) is 46.5 Å². The quantitative estimate of drug-likeness (QED) is 0.679. The smallest absolute Gasteiger partial charge is 0.309 e. The fraction of sp³-hybridized carbons (Fsp3) is 0.727. The normalized spacial score (nSPS) is 58.8. The zero-order valence-corrected chi connectivity index (χ0v) is 8.89. The molecule has 0 saturated carbocycles. The summed E-state index contributed by atoms with van der Waals surface area (Å²) in [5.74, 6) is 0.165. The van der Waals surface area contributed by atoms with Gasteiger partial charge in [-0.2, -0.15) is 0 Å². The van der Waals surface area contributed by atoms with Gasteiger partial charge in [0.1, 0.15) is 0 Å². The van der Waals surface area contributed by atoms with E-state index in [1.165, 1.54) is 0 Å². The lowest BCUT2D eigenvalue weighted by Gasteiger charge is -2.30. The molecule has 4 heteroatoms. The standard InChI is InChI=1S/C11H12O3S/c12-11(13)4-3-5-8-6-1-2-7(15-6)9(8)10(4)14-5/h1-2,4-10H,3H2,(H,12,13). The molecule has 80 valence electrons. The van der Waals surface area contributed by atoms with Crippen LogP contribution in [0.2, 0.25) is 0 Å². The third-order valence-corrected chi connectivity index (χ3v) is 5.92. The summed E-state index contributed by atoms with van der Waals surface area (Å²) in [6, 6.07) is 0. The van der Waals surface area contributed by atoms with Gasteiger partial charge in [-0.25, -0.2) is 0 Å². The Balaban J connectivity index is 1.71. The summed E-state index contributed by atoms with van der Waals surface area (Å²) in [4.78, 5) is 11.1. The molecule has 4 heterocycles. The second kappa shape index (κ2) is 2.61. The summed E-state index contributed by atoms with van der Waals surface area (Å²) in [6.07, 6.45) is 5.48. The minimum atomic E-state index is -0.669. The number of ether oxygens (including phenoxy) is 1. The van der Waals surface area contributed by atoms with Gasteiger partial charge in [0.05, 0.1) is 18.1 Å². The van der Waals surface area contributed by atoms with Crippen molar-refractivity contribution in [3.8, 4) is 0 Å². The highest BCUT2D eigenvalue weighted by atomic mass is 32.2. The molecule has 3 saturated heterocycles. The first-order chi connectivity index (χ1) is 7.25. The van der Waals surface area contributed by atoms with Crippen molar-refractivity contribution in [2.24, 2.45) is 17.8 Å². The molecule has 4 aliphatic heterocycles. The number of hydrogen-bond acceptors (Lipinski definition) is 3. The zero-order valence-electron chi connectivity index (χ0n) is 8.08. The molecule has 4 bridgehead atoms. The first-order valence-corrected chi connectivity index (χ1v) is 6.42. The monoisotopic (exact) mass is 224 g/mol. The summed E-state index contributed by atoms with van der Waals surface area (Å²) < 4.78 is 5.86. The third-order valence-electron chi connectivity index (χ3n) is 4.35. The van der Waals surface area contributed by atoms with E-state index in [2.05, 4.69) is 12.2 Å². The van der Waals surface area contributed by atoms with E-state index in [9.17, 15) is 4.79 Å². The van der Waals surface area contributed by atoms with Crippen molar-refractivity contribution < 1.29 is 14.6 Å². The number of carboxylic acid groups (broad SMARTS) is 1. The Hall–Kier alpha value is -0.480. The number of thioether (sulfide) groups is 1. The molecule has 7 unspecified atom stereocenters. The molecule has 4 rings (SSSR count). The molecule has 0 spiro atoms. The highest BCUT2D eigenvalue weighted by Crippen LogP contribution is 2.61. The van der Waals surface area contributed by atoms with Gasteiger partial charge in [0.2, 0.25) is 0 Å². The lowest BCUT2D eigenvalue weighted by atomic mass is 9.69. The van der Waals surface area contributed by atoms with Crippen molar-refractivity contribution in [3.05, 3.63) is 12.2 Å². The summed E-state index contributed by atoms with van der Waals surface area (Å²) >= 11 is 2.00. The van der Waals surface area contributed by atoms with E-state index in [-0.39, 0.29) is 18.1 Å². The zero-order chi connectivity index (χ0) is 10.2. The van der Waals surface area contributed by atoms with Crippen LogP contribution in [0.1, 0.15) is 6.42 Å². The van der Waals surface area contributed by atoms with Gasteiger partial charge >= 0.3 is 5.97 Å². The second-order valence-electron chi connectivity index (χ2n) is 4.92. The molecule has 15 heavy (non-hydrogen) atoms. The predicted octanol–water partition coefficient (Wildman–Crippen LogP) is 1.14. The van der Waals surface area contributed by atoms with Crippen molar-refractivity contribution in [2.75, 3.05) is 0 Å². The van der Waals surface area contributed by atoms with Crippen molar-refractivity contribution in [2.45, 2.75) is 29.1 Å². The van der Waals surface area contributed by atoms with E-state index in [1.54, 1.807) is 0 Å². The first kappa shape index (κ1) is 8.65. The van der Waals surface area contributed by atoms with Crippen molar-refractivity contribution in [1.29, 1.82) is 0 Å². The summed E-state index contributed by atoms with van der Waals surface area (Å²) in [5.41, 5.74) is 0. The molecule has 0 aliphatic carbocycles. The van der Waals surface area contributed by atoms with E-state index >= 15 is 0 Å². The number of fused-ring (bicyclic) bond motifs is 9. The lowest BCUT2D eigenvalue weighted by molar-refractivity contribution is -0.144. The van der Waals surface area contributed by atoms with Gasteiger partial charge in [-0.15, -0.1) is 11.8 Å². The average Bonchev–Trinajstić information content (AvgIpc) is 2.95. The molecule has 0 aromatic heterocycles. The molecule has 4 aliphatic rings. The Morgan fingerprint density at radius 3 is 2.80 bits per heavy atom. The molecule has 3 fully saturated rings. The van der Waals surface area contributed by atoms with Crippen LogP contribution in [0.5, 0.6) is 0 Å². The Morgan fingerprint density at radius 2 is 2.07 bits per heavy atom. The Labute approximate surface area is 91.9 Å². The van der Waals surface area contributed by atoms with Crippen LogP contribution in [0.3, 0.4) is 0 Å². The third kappa shape index (κ3) is 0.905. The van der Waals surface area contributed by atoms with Crippen LogP contribution in [-0.4, -0.2) is 33.8 Å². The number of hydrogen-bond donors (Lipinski definition) is 1. The maximum Gasteiger partial charge on any atom is 0.309 e. The van der Waals surface area contributed by atoms with Crippen molar-refractivity contribution in [1.82, 2.24) is 0 Å². The maximum absolute atomic E-state index is 11.1. The highest BCUT2D eigenvalue weighted by molar-refractivity contribution is 8.01.